The molecule has 8 nitrogen and oxygen atoms in total. The Balaban J connectivity index is 2.78. The third-order valence-corrected chi connectivity index (χ3v) is 4.81. The van der Waals surface area contributed by atoms with Crippen LogP contribution in [0.25, 0.3) is 17.3 Å². The monoisotopic (exact) mass is 405 g/mol. The molecule has 0 amide bonds. The number of nitrogens with zero attached hydrogens (tertiary/aromatic N) is 4. The van der Waals surface area contributed by atoms with Gasteiger partial charge in [-0.2, -0.15) is 10.5 Å². The van der Waals surface area contributed by atoms with Crippen molar-refractivity contribution >= 4 is 11.9 Å². The lowest BCUT2D eigenvalue weighted by Gasteiger charge is -2.16. The average molecular weight is 405 g/mol. The van der Waals surface area contributed by atoms with Gasteiger partial charge in [-0.05, 0) is 37.5 Å². The molecule has 0 spiro atoms. The normalized spacial score (nSPS) is 11.6. The maximum atomic E-state index is 13.1. The zero-order valence-corrected chi connectivity index (χ0v) is 17.2. The molecule has 2 rings (SSSR count). The Bertz CT molecular complexity index is 1100. The Labute approximate surface area is 174 Å². The minimum Gasteiger partial charge on any atom is -0.387 e. The fourth-order valence-electron chi connectivity index (χ4n) is 3.04. The van der Waals surface area contributed by atoms with Crippen LogP contribution in [0.15, 0.2) is 35.3 Å². The summed E-state index contributed by atoms with van der Waals surface area (Å²) in [6.07, 6.45) is 5.22. The summed E-state index contributed by atoms with van der Waals surface area (Å²) in [4.78, 5) is 23.5. The number of benzene rings is 1. The lowest BCUT2D eigenvalue weighted by Crippen LogP contribution is -2.26. The molecule has 0 aliphatic carbocycles. The van der Waals surface area contributed by atoms with Gasteiger partial charge in [0.1, 0.15) is 17.7 Å². The second-order valence-electron chi connectivity index (χ2n) is 6.82. The first-order valence-corrected chi connectivity index (χ1v) is 9.68. The number of aromatic nitrogens is 1. The Kier molecular flexibility index (Phi) is 7.49. The van der Waals surface area contributed by atoms with Crippen molar-refractivity contribution in [3.8, 4) is 23.3 Å². The smallest absolute Gasteiger partial charge is 0.273 e. The fraction of sp³-hybridized carbons (Fsp3) is 0.318. The van der Waals surface area contributed by atoms with E-state index in [2.05, 4.69) is 11.4 Å². The maximum absolute atomic E-state index is 13.1. The molecule has 1 atom stereocenters. The highest BCUT2D eigenvalue weighted by atomic mass is 16.6. The highest BCUT2D eigenvalue weighted by molar-refractivity contribution is 5.78. The third kappa shape index (κ3) is 4.56. The minimum absolute atomic E-state index is 0.114. The number of nitro benzene ring substituents is 1. The molecule has 1 heterocycles. The average Bonchev–Trinajstić information content (AvgIpc) is 2.75. The van der Waals surface area contributed by atoms with Crippen LogP contribution in [0.1, 0.15) is 50.4 Å². The zero-order chi connectivity index (χ0) is 22.3. The van der Waals surface area contributed by atoms with E-state index in [-0.39, 0.29) is 28.4 Å². The summed E-state index contributed by atoms with van der Waals surface area (Å²) < 4.78 is 1.34. The summed E-state index contributed by atoms with van der Waals surface area (Å²) in [5, 5.41) is 33.7. The Morgan fingerprint density at radius 2 is 1.83 bits per heavy atom. The van der Waals surface area contributed by atoms with Gasteiger partial charge in [0.2, 0.25) is 0 Å². The van der Waals surface area contributed by atoms with Crippen LogP contribution in [0, 0.1) is 32.8 Å². The number of nitriles is 2. The molecular formula is C22H23N5O3. The Hall–Kier alpha value is -3.91. The largest absolute Gasteiger partial charge is 0.387 e. The van der Waals surface area contributed by atoms with Crippen molar-refractivity contribution in [3.05, 3.63) is 67.8 Å². The van der Waals surface area contributed by atoms with Gasteiger partial charge in [0.15, 0.2) is 0 Å². The van der Waals surface area contributed by atoms with Crippen molar-refractivity contribution in [2.75, 3.05) is 0 Å². The molecule has 0 unspecified atom stereocenters. The standard InChI is InChI=1S/C22H23N5O3/c1-4-6-20-18(13-23)21(16-7-9-17(10-8-16)27(29)30)19(14-24)22(28)26(20)12-11-25-15(3)5-2/h7-12,15,25H,4-6H2,1-3H3/b12-11-/t15-/m1/s1. The molecule has 154 valence electrons. The van der Waals surface area contributed by atoms with Gasteiger partial charge >= 0.3 is 0 Å². The van der Waals surface area contributed by atoms with E-state index in [1.165, 1.54) is 28.8 Å². The van der Waals surface area contributed by atoms with Crippen LogP contribution < -0.4 is 10.9 Å². The van der Waals surface area contributed by atoms with E-state index in [9.17, 15) is 25.4 Å². The van der Waals surface area contributed by atoms with Gasteiger partial charge in [0.05, 0.1) is 10.5 Å². The van der Waals surface area contributed by atoms with Crippen LogP contribution in [-0.4, -0.2) is 15.5 Å². The van der Waals surface area contributed by atoms with Crippen LogP contribution in [0.5, 0.6) is 0 Å². The number of nitrogens with one attached hydrogen (secondary N) is 1. The molecule has 0 saturated heterocycles. The summed E-state index contributed by atoms with van der Waals surface area (Å²) in [6, 6.07) is 9.75. The van der Waals surface area contributed by atoms with Crippen molar-refractivity contribution in [2.24, 2.45) is 0 Å². The molecule has 0 radical (unpaired) electrons. The molecule has 1 aromatic carbocycles. The number of hydrogen-bond donors (Lipinski definition) is 1. The summed E-state index contributed by atoms with van der Waals surface area (Å²) in [5.74, 6) is 0. The summed E-state index contributed by atoms with van der Waals surface area (Å²) in [7, 11) is 0. The predicted octanol–water partition coefficient (Wildman–Crippen LogP) is 3.94. The first-order valence-electron chi connectivity index (χ1n) is 9.68. The van der Waals surface area contributed by atoms with Gasteiger partial charge in [-0.15, -0.1) is 0 Å². The van der Waals surface area contributed by atoms with Crippen LogP contribution in [0.3, 0.4) is 0 Å². The van der Waals surface area contributed by atoms with E-state index in [0.717, 1.165) is 6.42 Å². The van der Waals surface area contributed by atoms with Gasteiger partial charge in [-0.1, -0.05) is 20.3 Å². The molecule has 0 saturated carbocycles. The second kappa shape index (κ2) is 10.0. The molecule has 1 aromatic heterocycles. The maximum Gasteiger partial charge on any atom is 0.273 e. The molecule has 0 bridgehead atoms. The summed E-state index contributed by atoms with van der Waals surface area (Å²) in [6.45, 7) is 5.96. The second-order valence-corrected chi connectivity index (χ2v) is 6.82. The van der Waals surface area contributed by atoms with Crippen molar-refractivity contribution in [2.45, 2.75) is 46.1 Å². The molecule has 8 heteroatoms. The number of nitro groups is 1. The first kappa shape index (κ1) is 22.4. The quantitative estimate of drug-likeness (QED) is 0.524. The first-order chi connectivity index (χ1) is 14.4. The molecule has 2 aromatic rings. The summed E-state index contributed by atoms with van der Waals surface area (Å²) in [5.41, 5.74) is 0.524. The molecule has 30 heavy (non-hydrogen) atoms. The van der Waals surface area contributed by atoms with Crippen molar-refractivity contribution in [1.82, 2.24) is 9.88 Å². The summed E-state index contributed by atoms with van der Waals surface area (Å²) >= 11 is 0. The molecule has 0 aliphatic rings. The Morgan fingerprint density at radius 1 is 1.20 bits per heavy atom. The van der Waals surface area contributed by atoms with E-state index >= 15 is 0 Å². The topological polar surface area (TPSA) is 125 Å². The van der Waals surface area contributed by atoms with E-state index in [0.29, 0.717) is 24.1 Å². The highest BCUT2D eigenvalue weighted by Crippen LogP contribution is 2.30. The minimum atomic E-state index is -0.532. The predicted molar refractivity (Wildman–Crippen MR) is 114 cm³/mol. The van der Waals surface area contributed by atoms with E-state index in [1.54, 1.807) is 12.4 Å². The number of pyridine rings is 1. The fourth-order valence-corrected chi connectivity index (χ4v) is 3.04. The van der Waals surface area contributed by atoms with E-state index in [1.807, 2.05) is 26.8 Å². The van der Waals surface area contributed by atoms with E-state index in [4.69, 9.17) is 0 Å². The lowest BCUT2D eigenvalue weighted by atomic mass is 9.93. The zero-order valence-electron chi connectivity index (χ0n) is 17.2. The van der Waals surface area contributed by atoms with Gasteiger partial charge in [-0.3, -0.25) is 19.5 Å². The third-order valence-electron chi connectivity index (χ3n) is 4.81. The van der Waals surface area contributed by atoms with Gasteiger partial charge in [0.25, 0.3) is 11.2 Å². The number of rotatable bonds is 8. The van der Waals surface area contributed by atoms with Gasteiger partial charge in [0, 0.05) is 41.8 Å². The number of non-ortho nitro benzene ring substituents is 1. The van der Waals surface area contributed by atoms with E-state index < -0.39 is 10.5 Å². The molecule has 0 fully saturated rings. The lowest BCUT2D eigenvalue weighted by molar-refractivity contribution is -0.384. The van der Waals surface area contributed by atoms with Crippen molar-refractivity contribution in [1.29, 1.82) is 10.5 Å². The SMILES string of the molecule is CCCc1c(C#N)c(-c2ccc([N+](=O)[O-])cc2)c(C#N)c(=O)n1/C=C\N[C@H](C)CC. The van der Waals surface area contributed by atoms with Crippen molar-refractivity contribution < 1.29 is 4.92 Å². The molecule has 0 aliphatic heterocycles. The number of hydrogen-bond acceptors (Lipinski definition) is 6. The van der Waals surface area contributed by atoms with Crippen molar-refractivity contribution in [3.63, 3.8) is 0 Å². The Morgan fingerprint density at radius 3 is 2.33 bits per heavy atom. The van der Waals surface area contributed by atoms with Crippen LogP contribution in [0.2, 0.25) is 0 Å². The van der Waals surface area contributed by atoms with Gasteiger partial charge in [-0.25, -0.2) is 0 Å². The van der Waals surface area contributed by atoms with Gasteiger partial charge < -0.3 is 5.32 Å². The molecule has 1 N–H and O–H groups in total. The van der Waals surface area contributed by atoms with Crippen LogP contribution in [-0.2, 0) is 6.42 Å². The highest BCUT2D eigenvalue weighted by Gasteiger charge is 2.22. The van der Waals surface area contributed by atoms with Crippen LogP contribution >= 0.6 is 0 Å². The molecular weight excluding hydrogens is 382 g/mol. The van der Waals surface area contributed by atoms with Crippen LogP contribution in [0.4, 0.5) is 5.69 Å².